The van der Waals surface area contributed by atoms with Crippen molar-refractivity contribution in [1.82, 2.24) is 0 Å². The Kier molecular flexibility index (Phi) is 5.67. The molecular formula is C15H12BrCl3O2. The smallest absolute Gasteiger partial charge is 0.138 e. The average molecular weight is 411 g/mol. The van der Waals surface area contributed by atoms with Gasteiger partial charge in [-0.05, 0) is 45.3 Å². The third-order valence-electron chi connectivity index (χ3n) is 3.01. The lowest BCUT2D eigenvalue weighted by molar-refractivity contribution is 0.412. The molecule has 0 aromatic heterocycles. The van der Waals surface area contributed by atoms with E-state index in [1.807, 2.05) is 18.2 Å². The Labute approximate surface area is 147 Å². The van der Waals surface area contributed by atoms with Crippen LogP contribution in [0.5, 0.6) is 11.5 Å². The predicted octanol–water partition coefficient (Wildman–Crippen LogP) is 6.10. The fourth-order valence-corrected chi connectivity index (χ4v) is 3.36. The highest BCUT2D eigenvalue weighted by molar-refractivity contribution is 9.10. The summed E-state index contributed by atoms with van der Waals surface area (Å²) in [6, 6.07) is 9.00. The fraction of sp³-hybridized carbons (Fsp3) is 0.200. The zero-order chi connectivity index (χ0) is 15.6. The lowest BCUT2D eigenvalue weighted by atomic mass is 10.0. The molecule has 0 radical (unpaired) electrons. The molecular weight excluding hydrogens is 398 g/mol. The van der Waals surface area contributed by atoms with E-state index in [0.29, 0.717) is 15.8 Å². The number of rotatable bonds is 4. The normalized spacial score (nSPS) is 12.1. The summed E-state index contributed by atoms with van der Waals surface area (Å²) in [6.07, 6.45) is 0. The first-order valence-corrected chi connectivity index (χ1v) is 7.97. The summed E-state index contributed by atoms with van der Waals surface area (Å²) in [5.41, 5.74) is 1.61. The van der Waals surface area contributed by atoms with Crippen LogP contribution in [0.15, 0.2) is 34.8 Å². The number of hydrogen-bond donors (Lipinski definition) is 0. The van der Waals surface area contributed by atoms with Crippen LogP contribution in [0, 0.1) is 0 Å². The van der Waals surface area contributed by atoms with Crippen LogP contribution in [0.2, 0.25) is 10.0 Å². The molecule has 0 N–H and O–H groups in total. The molecule has 0 bridgehead atoms. The van der Waals surface area contributed by atoms with Gasteiger partial charge in [-0.2, -0.15) is 0 Å². The Hall–Kier alpha value is -0.610. The number of methoxy groups -OCH3 is 2. The van der Waals surface area contributed by atoms with Crippen LogP contribution in [-0.4, -0.2) is 14.2 Å². The summed E-state index contributed by atoms with van der Waals surface area (Å²) >= 11 is 22.4. The van der Waals surface area contributed by atoms with Crippen molar-refractivity contribution in [2.75, 3.05) is 14.2 Å². The van der Waals surface area contributed by atoms with Gasteiger partial charge in [0.15, 0.2) is 0 Å². The molecule has 0 saturated heterocycles. The maximum atomic E-state index is 6.53. The summed E-state index contributed by atoms with van der Waals surface area (Å²) in [6.45, 7) is 0. The third kappa shape index (κ3) is 3.59. The highest BCUT2D eigenvalue weighted by Gasteiger charge is 2.18. The second-order valence-electron chi connectivity index (χ2n) is 4.26. The van der Waals surface area contributed by atoms with E-state index in [-0.39, 0.29) is 0 Å². The molecule has 6 heteroatoms. The minimum absolute atomic E-state index is 0.428. The molecule has 21 heavy (non-hydrogen) atoms. The van der Waals surface area contributed by atoms with Crippen molar-refractivity contribution in [1.29, 1.82) is 0 Å². The minimum atomic E-state index is -0.428. The van der Waals surface area contributed by atoms with Gasteiger partial charge < -0.3 is 9.47 Å². The van der Waals surface area contributed by atoms with Gasteiger partial charge in [-0.3, -0.25) is 0 Å². The monoisotopic (exact) mass is 408 g/mol. The highest BCUT2D eigenvalue weighted by atomic mass is 79.9. The van der Waals surface area contributed by atoms with E-state index >= 15 is 0 Å². The van der Waals surface area contributed by atoms with E-state index in [2.05, 4.69) is 15.9 Å². The Morgan fingerprint density at radius 2 is 1.62 bits per heavy atom. The number of benzene rings is 2. The molecule has 1 unspecified atom stereocenters. The quantitative estimate of drug-likeness (QED) is 0.567. The molecule has 2 nitrogen and oxygen atoms in total. The molecule has 0 saturated carbocycles. The van der Waals surface area contributed by atoms with Gasteiger partial charge in [-0.25, -0.2) is 0 Å². The Morgan fingerprint density at radius 1 is 0.952 bits per heavy atom. The standard InChI is InChI=1S/C15H12BrCl3O2/c1-20-13-4-3-8(5-10(13)16)15(19)9-6-12(18)14(21-2)7-11(9)17/h3-7,15H,1-2H3. The van der Waals surface area contributed by atoms with Gasteiger partial charge in [0.1, 0.15) is 11.5 Å². The maximum Gasteiger partial charge on any atom is 0.138 e. The van der Waals surface area contributed by atoms with E-state index in [1.54, 1.807) is 19.2 Å². The molecule has 1 atom stereocenters. The average Bonchev–Trinajstić information content (AvgIpc) is 2.48. The van der Waals surface area contributed by atoms with Crippen molar-refractivity contribution in [3.63, 3.8) is 0 Å². The maximum absolute atomic E-state index is 6.53. The Morgan fingerprint density at radius 3 is 2.19 bits per heavy atom. The summed E-state index contributed by atoms with van der Waals surface area (Å²) in [5, 5.41) is 0.543. The van der Waals surface area contributed by atoms with E-state index in [1.165, 1.54) is 7.11 Å². The van der Waals surface area contributed by atoms with Crippen molar-refractivity contribution in [2.24, 2.45) is 0 Å². The third-order valence-corrected chi connectivity index (χ3v) is 4.74. The second kappa shape index (κ2) is 7.10. The molecule has 0 fully saturated rings. The first-order chi connectivity index (χ1) is 9.97. The number of alkyl halides is 1. The zero-order valence-corrected chi connectivity index (χ0v) is 15.1. The fourth-order valence-electron chi connectivity index (χ4n) is 1.91. The van der Waals surface area contributed by atoms with E-state index in [0.717, 1.165) is 21.3 Å². The number of ether oxygens (including phenoxy) is 2. The molecule has 2 rings (SSSR count). The first kappa shape index (κ1) is 16.8. The van der Waals surface area contributed by atoms with Gasteiger partial charge in [0.25, 0.3) is 0 Å². The van der Waals surface area contributed by atoms with E-state index in [4.69, 9.17) is 44.3 Å². The molecule has 0 amide bonds. The van der Waals surface area contributed by atoms with Gasteiger partial charge in [0.05, 0.1) is 29.1 Å². The minimum Gasteiger partial charge on any atom is -0.496 e. The largest absolute Gasteiger partial charge is 0.496 e. The van der Waals surface area contributed by atoms with E-state index < -0.39 is 5.38 Å². The summed E-state index contributed by atoms with van der Waals surface area (Å²) in [7, 11) is 3.15. The first-order valence-electron chi connectivity index (χ1n) is 5.98. The number of hydrogen-bond acceptors (Lipinski definition) is 2. The van der Waals surface area contributed by atoms with Crippen molar-refractivity contribution < 1.29 is 9.47 Å². The number of halogens is 4. The van der Waals surface area contributed by atoms with Crippen LogP contribution in [-0.2, 0) is 0 Å². The molecule has 0 aliphatic heterocycles. The predicted molar refractivity (Wildman–Crippen MR) is 91.4 cm³/mol. The molecule has 2 aromatic carbocycles. The van der Waals surface area contributed by atoms with Gasteiger partial charge >= 0.3 is 0 Å². The molecule has 0 aliphatic carbocycles. The van der Waals surface area contributed by atoms with Crippen molar-refractivity contribution in [3.8, 4) is 11.5 Å². The summed E-state index contributed by atoms with van der Waals surface area (Å²) in [5.74, 6) is 1.26. The van der Waals surface area contributed by atoms with Gasteiger partial charge in [-0.15, -0.1) is 11.6 Å². The molecule has 0 heterocycles. The van der Waals surface area contributed by atoms with Crippen LogP contribution >= 0.6 is 50.7 Å². The van der Waals surface area contributed by atoms with Crippen LogP contribution in [0.25, 0.3) is 0 Å². The lowest BCUT2D eigenvalue weighted by Gasteiger charge is -2.15. The summed E-state index contributed by atoms with van der Waals surface area (Å²) < 4.78 is 11.2. The van der Waals surface area contributed by atoms with Gasteiger partial charge in [0, 0.05) is 11.1 Å². The SMILES string of the molecule is COc1cc(Cl)c(C(Cl)c2ccc(OC)c(Br)c2)cc1Cl. The van der Waals surface area contributed by atoms with E-state index in [9.17, 15) is 0 Å². The van der Waals surface area contributed by atoms with Gasteiger partial charge in [-0.1, -0.05) is 29.3 Å². The topological polar surface area (TPSA) is 18.5 Å². The van der Waals surface area contributed by atoms with Crippen LogP contribution < -0.4 is 9.47 Å². The van der Waals surface area contributed by atoms with Crippen LogP contribution in [0.3, 0.4) is 0 Å². The molecule has 0 spiro atoms. The van der Waals surface area contributed by atoms with Crippen molar-refractivity contribution >= 4 is 50.7 Å². The van der Waals surface area contributed by atoms with Crippen LogP contribution in [0.1, 0.15) is 16.5 Å². The van der Waals surface area contributed by atoms with Crippen molar-refractivity contribution in [3.05, 3.63) is 56.0 Å². The van der Waals surface area contributed by atoms with Crippen molar-refractivity contribution in [2.45, 2.75) is 5.38 Å². The molecule has 112 valence electrons. The Balaban J connectivity index is 2.42. The second-order valence-corrected chi connectivity index (χ2v) is 6.37. The van der Waals surface area contributed by atoms with Crippen LogP contribution in [0.4, 0.5) is 0 Å². The highest BCUT2D eigenvalue weighted by Crippen LogP contribution is 2.40. The molecule has 0 aliphatic rings. The Bertz CT molecular complexity index is 662. The van der Waals surface area contributed by atoms with Gasteiger partial charge in [0.2, 0.25) is 0 Å². The summed E-state index contributed by atoms with van der Waals surface area (Å²) in [4.78, 5) is 0. The zero-order valence-electron chi connectivity index (χ0n) is 11.3. The lowest BCUT2D eigenvalue weighted by Crippen LogP contribution is -1.97. The molecule has 2 aromatic rings.